The summed E-state index contributed by atoms with van der Waals surface area (Å²) in [7, 11) is 0. The van der Waals surface area contributed by atoms with Gasteiger partial charge in [-0.25, -0.2) is 0 Å². The Kier molecular flexibility index (Phi) is 2.90. The van der Waals surface area contributed by atoms with Crippen molar-refractivity contribution in [3.63, 3.8) is 0 Å². The first kappa shape index (κ1) is 12.3. The molecule has 0 spiro atoms. The molecule has 0 unspecified atom stereocenters. The zero-order valence-corrected chi connectivity index (χ0v) is 10.5. The van der Waals surface area contributed by atoms with Crippen LogP contribution in [0, 0.1) is 0 Å². The summed E-state index contributed by atoms with van der Waals surface area (Å²) in [5, 5.41) is 2.58. The van der Waals surface area contributed by atoms with E-state index in [4.69, 9.17) is 0 Å². The van der Waals surface area contributed by atoms with Crippen molar-refractivity contribution in [1.29, 1.82) is 0 Å². The quantitative estimate of drug-likeness (QED) is 0.807. The van der Waals surface area contributed by atoms with Crippen LogP contribution in [-0.4, -0.2) is 28.7 Å². The predicted molar refractivity (Wildman–Crippen MR) is 66.4 cm³/mol. The number of carbonyl (C=O) groups excluding carboxylic acids is 3. The summed E-state index contributed by atoms with van der Waals surface area (Å²) in [6, 6.07) is 4.67. The number of carbonyl (C=O) groups is 3. The molecule has 1 aromatic rings. The van der Waals surface area contributed by atoms with Gasteiger partial charge in [0.15, 0.2) is 0 Å². The summed E-state index contributed by atoms with van der Waals surface area (Å²) in [4.78, 5) is 36.6. The largest absolute Gasteiger partial charge is 0.326 e. The van der Waals surface area contributed by atoms with Gasteiger partial charge >= 0.3 is 0 Å². The molecule has 0 aliphatic carbocycles. The second-order valence-electron chi connectivity index (χ2n) is 4.48. The number of imide groups is 1. The zero-order chi connectivity index (χ0) is 13.4. The number of nitrogens with one attached hydrogen (secondary N) is 1. The number of benzene rings is 1. The van der Waals surface area contributed by atoms with E-state index >= 15 is 0 Å². The summed E-state index contributed by atoms with van der Waals surface area (Å²) in [6.07, 6.45) is 0. The molecule has 0 bridgehead atoms. The van der Waals surface area contributed by atoms with Crippen molar-refractivity contribution >= 4 is 23.4 Å². The highest BCUT2D eigenvalue weighted by Gasteiger charge is 2.38. The van der Waals surface area contributed by atoms with Gasteiger partial charge in [0, 0.05) is 13.0 Å². The van der Waals surface area contributed by atoms with Crippen LogP contribution in [0.15, 0.2) is 18.2 Å². The van der Waals surface area contributed by atoms with Crippen molar-refractivity contribution in [2.75, 3.05) is 5.32 Å². The fourth-order valence-electron chi connectivity index (χ4n) is 2.07. The van der Waals surface area contributed by atoms with Crippen LogP contribution in [0.1, 0.15) is 41.5 Å². The Morgan fingerprint density at radius 3 is 2.44 bits per heavy atom. The standard InChI is InChI=1S/C13H14N2O3/c1-7(2)15-12(17)9-5-4-6-10(14-8(3)16)11(9)13(15)18/h4-7H,1-3H3,(H,14,16). The third-order valence-electron chi connectivity index (χ3n) is 2.77. The smallest absolute Gasteiger partial charge is 0.263 e. The van der Waals surface area contributed by atoms with Gasteiger partial charge in [0.05, 0.1) is 16.8 Å². The van der Waals surface area contributed by atoms with Crippen molar-refractivity contribution in [2.24, 2.45) is 0 Å². The van der Waals surface area contributed by atoms with E-state index in [0.29, 0.717) is 11.3 Å². The van der Waals surface area contributed by atoms with Crippen LogP contribution in [0.3, 0.4) is 0 Å². The van der Waals surface area contributed by atoms with Crippen molar-refractivity contribution in [3.05, 3.63) is 29.3 Å². The molecule has 1 aliphatic rings. The van der Waals surface area contributed by atoms with Crippen LogP contribution in [0.5, 0.6) is 0 Å². The first-order valence-corrected chi connectivity index (χ1v) is 5.72. The number of hydrogen-bond acceptors (Lipinski definition) is 3. The van der Waals surface area contributed by atoms with E-state index in [1.54, 1.807) is 32.0 Å². The van der Waals surface area contributed by atoms with Gasteiger partial charge in [0.2, 0.25) is 5.91 Å². The van der Waals surface area contributed by atoms with Gasteiger partial charge in [-0.15, -0.1) is 0 Å². The molecule has 0 fully saturated rings. The SMILES string of the molecule is CC(=O)Nc1cccc2c1C(=O)N(C(C)C)C2=O. The summed E-state index contributed by atoms with van der Waals surface area (Å²) in [6.45, 7) is 4.92. The lowest BCUT2D eigenvalue weighted by atomic mass is 10.1. The molecule has 0 saturated heterocycles. The fraction of sp³-hybridized carbons (Fsp3) is 0.308. The number of fused-ring (bicyclic) bond motifs is 1. The Labute approximate surface area is 105 Å². The van der Waals surface area contributed by atoms with Crippen molar-refractivity contribution in [1.82, 2.24) is 4.90 Å². The number of nitrogens with zero attached hydrogens (tertiary/aromatic N) is 1. The molecule has 3 amide bonds. The summed E-state index contributed by atoms with van der Waals surface area (Å²) >= 11 is 0. The van der Waals surface area contributed by atoms with Crippen molar-refractivity contribution < 1.29 is 14.4 Å². The zero-order valence-electron chi connectivity index (χ0n) is 10.5. The van der Waals surface area contributed by atoms with Crippen LogP contribution in [0.4, 0.5) is 5.69 Å². The third-order valence-corrected chi connectivity index (χ3v) is 2.77. The lowest BCUT2D eigenvalue weighted by Crippen LogP contribution is -2.36. The monoisotopic (exact) mass is 246 g/mol. The second kappa shape index (κ2) is 4.25. The minimum Gasteiger partial charge on any atom is -0.326 e. The number of rotatable bonds is 2. The van der Waals surface area contributed by atoms with Gasteiger partial charge in [0.25, 0.3) is 11.8 Å². The maximum atomic E-state index is 12.2. The van der Waals surface area contributed by atoms with Crippen LogP contribution in [-0.2, 0) is 4.79 Å². The van der Waals surface area contributed by atoms with Crippen LogP contribution in [0.2, 0.25) is 0 Å². The lowest BCUT2D eigenvalue weighted by Gasteiger charge is -2.17. The molecule has 2 rings (SSSR count). The Morgan fingerprint density at radius 2 is 1.89 bits per heavy atom. The Bertz CT molecular complexity index is 549. The van der Waals surface area contributed by atoms with Gasteiger partial charge in [-0.05, 0) is 26.0 Å². The van der Waals surface area contributed by atoms with Gasteiger partial charge in [0.1, 0.15) is 0 Å². The van der Waals surface area contributed by atoms with E-state index in [1.807, 2.05) is 0 Å². The Hall–Kier alpha value is -2.17. The van der Waals surface area contributed by atoms with Crippen LogP contribution < -0.4 is 5.32 Å². The van der Waals surface area contributed by atoms with Gasteiger partial charge in [-0.2, -0.15) is 0 Å². The van der Waals surface area contributed by atoms with Crippen molar-refractivity contribution in [2.45, 2.75) is 26.8 Å². The minimum absolute atomic E-state index is 0.206. The normalized spacial score (nSPS) is 14.1. The molecule has 0 saturated carbocycles. The molecule has 1 aromatic carbocycles. The highest BCUT2D eigenvalue weighted by atomic mass is 16.2. The maximum Gasteiger partial charge on any atom is 0.263 e. The van der Waals surface area contributed by atoms with Crippen LogP contribution >= 0.6 is 0 Å². The molecule has 5 nitrogen and oxygen atoms in total. The maximum absolute atomic E-state index is 12.2. The summed E-state index contributed by atoms with van der Waals surface area (Å²) in [5.41, 5.74) is 1.02. The molecule has 0 aromatic heterocycles. The molecule has 1 N–H and O–H groups in total. The van der Waals surface area contributed by atoms with E-state index in [2.05, 4.69) is 5.32 Å². The third kappa shape index (κ3) is 1.77. The lowest BCUT2D eigenvalue weighted by molar-refractivity contribution is -0.114. The molecule has 5 heteroatoms. The fourth-order valence-corrected chi connectivity index (χ4v) is 2.07. The highest BCUT2D eigenvalue weighted by molar-refractivity contribution is 6.24. The Morgan fingerprint density at radius 1 is 1.22 bits per heavy atom. The number of hydrogen-bond donors (Lipinski definition) is 1. The first-order chi connectivity index (χ1) is 8.43. The number of amides is 3. The number of anilines is 1. The molecule has 18 heavy (non-hydrogen) atoms. The van der Waals surface area contributed by atoms with E-state index in [-0.39, 0.29) is 29.3 Å². The van der Waals surface area contributed by atoms with E-state index < -0.39 is 0 Å². The average Bonchev–Trinajstić information content (AvgIpc) is 2.51. The van der Waals surface area contributed by atoms with Gasteiger partial charge in [-0.1, -0.05) is 6.07 Å². The highest BCUT2D eigenvalue weighted by Crippen LogP contribution is 2.30. The summed E-state index contributed by atoms with van der Waals surface area (Å²) < 4.78 is 0. The summed E-state index contributed by atoms with van der Waals surface area (Å²) in [5.74, 6) is -0.932. The van der Waals surface area contributed by atoms with Gasteiger partial charge < -0.3 is 5.32 Å². The Balaban J connectivity index is 2.54. The van der Waals surface area contributed by atoms with Crippen molar-refractivity contribution in [3.8, 4) is 0 Å². The molecular formula is C13H14N2O3. The van der Waals surface area contributed by atoms with Crippen LogP contribution in [0.25, 0.3) is 0 Å². The van der Waals surface area contributed by atoms with E-state index in [9.17, 15) is 14.4 Å². The predicted octanol–water partition coefficient (Wildman–Crippen LogP) is 1.65. The molecule has 0 atom stereocenters. The topological polar surface area (TPSA) is 66.5 Å². The average molecular weight is 246 g/mol. The van der Waals surface area contributed by atoms with Gasteiger partial charge in [-0.3, -0.25) is 19.3 Å². The molecule has 1 aliphatic heterocycles. The first-order valence-electron chi connectivity index (χ1n) is 5.72. The van der Waals surface area contributed by atoms with E-state index in [0.717, 1.165) is 0 Å². The van der Waals surface area contributed by atoms with E-state index in [1.165, 1.54) is 11.8 Å². The second-order valence-corrected chi connectivity index (χ2v) is 4.48. The molecular weight excluding hydrogens is 232 g/mol. The minimum atomic E-state index is -0.352. The molecule has 1 heterocycles. The molecule has 0 radical (unpaired) electrons. The molecule has 94 valence electrons.